The number of halogens is 1. The number of fused-ring (bicyclic) bond motifs is 1. The Balaban J connectivity index is 1.92. The number of aromatic nitrogens is 2. The summed E-state index contributed by atoms with van der Waals surface area (Å²) in [4.78, 5) is 7.36. The van der Waals surface area contributed by atoms with Crippen LogP contribution in [0.5, 0.6) is 0 Å². The normalized spacial score (nSPS) is 11.5. The maximum absolute atomic E-state index is 4.88. The van der Waals surface area contributed by atoms with Crippen molar-refractivity contribution in [2.45, 2.75) is 26.8 Å². The fraction of sp³-hybridized carbons (Fsp3) is 0.350. The third kappa shape index (κ3) is 3.70. The molecule has 0 aliphatic rings. The summed E-state index contributed by atoms with van der Waals surface area (Å²) in [6.45, 7) is 8.79. The molecule has 1 heterocycles. The zero-order valence-electron chi connectivity index (χ0n) is 14.4. The van der Waals surface area contributed by atoms with Crippen molar-refractivity contribution in [1.82, 2.24) is 14.5 Å². The van der Waals surface area contributed by atoms with E-state index in [0.29, 0.717) is 0 Å². The van der Waals surface area contributed by atoms with Gasteiger partial charge in [0.1, 0.15) is 5.82 Å². The van der Waals surface area contributed by atoms with Crippen molar-refractivity contribution in [3.63, 3.8) is 0 Å². The van der Waals surface area contributed by atoms with Crippen LogP contribution in [0.3, 0.4) is 0 Å². The zero-order valence-corrected chi connectivity index (χ0v) is 16.0. The van der Waals surface area contributed by atoms with E-state index in [1.54, 1.807) is 0 Å². The highest BCUT2D eigenvalue weighted by Crippen LogP contribution is 2.26. The third-order valence-corrected chi connectivity index (χ3v) is 5.04. The Morgan fingerprint density at radius 3 is 2.42 bits per heavy atom. The van der Waals surface area contributed by atoms with Crippen molar-refractivity contribution >= 4 is 27.0 Å². The highest BCUT2D eigenvalue weighted by molar-refractivity contribution is 9.10. The van der Waals surface area contributed by atoms with Crippen LogP contribution in [0.1, 0.15) is 20.3 Å². The highest BCUT2D eigenvalue weighted by Gasteiger charge is 2.12. The van der Waals surface area contributed by atoms with Crippen LogP contribution in [-0.2, 0) is 6.54 Å². The Morgan fingerprint density at radius 2 is 1.71 bits per heavy atom. The Morgan fingerprint density at radius 1 is 1.00 bits per heavy atom. The van der Waals surface area contributed by atoms with Gasteiger partial charge in [-0.05, 0) is 50.3 Å². The fourth-order valence-electron chi connectivity index (χ4n) is 3.11. The predicted molar refractivity (Wildman–Crippen MR) is 105 cm³/mol. The lowest BCUT2D eigenvalue weighted by Gasteiger charge is -2.18. The van der Waals surface area contributed by atoms with Gasteiger partial charge in [0.05, 0.1) is 11.0 Å². The first kappa shape index (κ1) is 17.2. The van der Waals surface area contributed by atoms with E-state index in [-0.39, 0.29) is 0 Å². The monoisotopic (exact) mass is 385 g/mol. The van der Waals surface area contributed by atoms with Crippen LogP contribution in [0.15, 0.2) is 53.0 Å². The molecule has 4 heteroatoms. The van der Waals surface area contributed by atoms with Gasteiger partial charge >= 0.3 is 0 Å². The SMILES string of the molecule is CCN(CC)CCCn1c(-c2ccc(Br)cc2)nc2ccccc21. The Bertz CT molecular complexity index is 788. The number of benzene rings is 2. The van der Waals surface area contributed by atoms with E-state index in [4.69, 9.17) is 4.98 Å². The number of hydrogen-bond acceptors (Lipinski definition) is 2. The van der Waals surface area contributed by atoms with Gasteiger partial charge in [-0.25, -0.2) is 4.98 Å². The lowest BCUT2D eigenvalue weighted by molar-refractivity contribution is 0.294. The summed E-state index contributed by atoms with van der Waals surface area (Å²) in [5, 5.41) is 0. The summed E-state index contributed by atoms with van der Waals surface area (Å²) < 4.78 is 3.46. The molecule has 0 bridgehead atoms. The summed E-state index contributed by atoms with van der Waals surface area (Å²) in [7, 11) is 0. The second-order valence-electron chi connectivity index (χ2n) is 5.96. The highest BCUT2D eigenvalue weighted by atomic mass is 79.9. The average molecular weight is 386 g/mol. The van der Waals surface area contributed by atoms with Crippen molar-refractivity contribution < 1.29 is 0 Å². The van der Waals surface area contributed by atoms with Gasteiger partial charge in [-0.15, -0.1) is 0 Å². The minimum absolute atomic E-state index is 0.989. The molecule has 1 aromatic heterocycles. The van der Waals surface area contributed by atoms with Crippen molar-refractivity contribution in [3.8, 4) is 11.4 Å². The maximum Gasteiger partial charge on any atom is 0.141 e. The summed E-state index contributed by atoms with van der Waals surface area (Å²) in [5.41, 5.74) is 3.45. The van der Waals surface area contributed by atoms with Gasteiger partial charge < -0.3 is 9.47 Å². The number of hydrogen-bond donors (Lipinski definition) is 0. The molecule has 0 saturated heterocycles. The molecule has 0 spiro atoms. The molecule has 0 aliphatic heterocycles. The van der Waals surface area contributed by atoms with Crippen molar-refractivity contribution in [2.24, 2.45) is 0 Å². The van der Waals surface area contributed by atoms with E-state index < -0.39 is 0 Å². The summed E-state index contributed by atoms with van der Waals surface area (Å²) in [6.07, 6.45) is 1.13. The third-order valence-electron chi connectivity index (χ3n) is 4.51. The van der Waals surface area contributed by atoms with E-state index in [1.165, 1.54) is 5.52 Å². The van der Waals surface area contributed by atoms with Crippen LogP contribution < -0.4 is 0 Å². The molecule has 2 aromatic carbocycles. The topological polar surface area (TPSA) is 21.1 Å². The molecule has 3 nitrogen and oxygen atoms in total. The van der Waals surface area contributed by atoms with E-state index >= 15 is 0 Å². The molecule has 0 fully saturated rings. The van der Waals surface area contributed by atoms with Crippen molar-refractivity contribution in [1.29, 1.82) is 0 Å². The second-order valence-corrected chi connectivity index (χ2v) is 6.88. The van der Waals surface area contributed by atoms with Crippen LogP contribution >= 0.6 is 15.9 Å². The van der Waals surface area contributed by atoms with Crippen molar-refractivity contribution in [2.75, 3.05) is 19.6 Å². The molecular weight excluding hydrogens is 362 g/mol. The first-order chi connectivity index (χ1) is 11.7. The minimum atomic E-state index is 0.989. The van der Waals surface area contributed by atoms with E-state index in [0.717, 1.165) is 54.0 Å². The summed E-state index contributed by atoms with van der Waals surface area (Å²) in [5.74, 6) is 1.06. The molecule has 24 heavy (non-hydrogen) atoms. The second kappa shape index (κ2) is 7.95. The van der Waals surface area contributed by atoms with E-state index in [1.807, 2.05) is 0 Å². The number of aryl methyl sites for hydroxylation is 1. The summed E-state index contributed by atoms with van der Waals surface area (Å²) >= 11 is 3.51. The largest absolute Gasteiger partial charge is 0.324 e. The van der Waals surface area contributed by atoms with Crippen molar-refractivity contribution in [3.05, 3.63) is 53.0 Å². The van der Waals surface area contributed by atoms with Gasteiger partial charge in [0, 0.05) is 16.6 Å². The average Bonchev–Trinajstić information content (AvgIpc) is 2.98. The van der Waals surface area contributed by atoms with Gasteiger partial charge in [0.25, 0.3) is 0 Å². The molecule has 126 valence electrons. The predicted octanol–water partition coefficient (Wildman–Crippen LogP) is 5.20. The Labute approximate surface area is 152 Å². The van der Waals surface area contributed by atoms with Crippen LogP contribution in [0.25, 0.3) is 22.4 Å². The molecule has 0 amide bonds. The Kier molecular flexibility index (Phi) is 5.69. The van der Waals surface area contributed by atoms with Gasteiger partial charge in [0.2, 0.25) is 0 Å². The molecule has 0 radical (unpaired) electrons. The quantitative estimate of drug-likeness (QED) is 0.557. The van der Waals surface area contributed by atoms with Gasteiger partial charge in [-0.1, -0.05) is 54.0 Å². The van der Waals surface area contributed by atoms with E-state index in [2.05, 4.69) is 87.8 Å². The number of para-hydroxylation sites is 2. The fourth-order valence-corrected chi connectivity index (χ4v) is 3.38. The Hall–Kier alpha value is -1.65. The molecule has 0 unspecified atom stereocenters. The molecule has 0 aliphatic carbocycles. The number of rotatable bonds is 7. The maximum atomic E-state index is 4.88. The molecule has 0 atom stereocenters. The lowest BCUT2D eigenvalue weighted by Crippen LogP contribution is -2.24. The van der Waals surface area contributed by atoms with E-state index in [9.17, 15) is 0 Å². The standard InChI is InChI=1S/C20H24BrN3/c1-3-23(4-2)14-7-15-24-19-9-6-5-8-18(19)22-20(24)16-10-12-17(21)13-11-16/h5-6,8-13H,3-4,7,14-15H2,1-2H3. The van der Waals surface area contributed by atoms with Gasteiger partial charge in [0.15, 0.2) is 0 Å². The molecule has 0 saturated carbocycles. The number of nitrogens with zero attached hydrogens (tertiary/aromatic N) is 3. The van der Waals surface area contributed by atoms with Crippen LogP contribution in [0.4, 0.5) is 0 Å². The van der Waals surface area contributed by atoms with Crippen LogP contribution in [0, 0.1) is 0 Å². The molecule has 0 N–H and O–H groups in total. The molecule has 3 aromatic rings. The summed E-state index contributed by atoms with van der Waals surface area (Å²) in [6, 6.07) is 16.8. The van der Waals surface area contributed by atoms with Gasteiger partial charge in [-0.3, -0.25) is 0 Å². The first-order valence-corrected chi connectivity index (χ1v) is 9.45. The minimum Gasteiger partial charge on any atom is -0.324 e. The zero-order chi connectivity index (χ0) is 16.9. The molecular formula is C20H24BrN3. The lowest BCUT2D eigenvalue weighted by atomic mass is 10.2. The first-order valence-electron chi connectivity index (χ1n) is 8.66. The van der Waals surface area contributed by atoms with Crippen LogP contribution in [-0.4, -0.2) is 34.1 Å². The van der Waals surface area contributed by atoms with Gasteiger partial charge in [-0.2, -0.15) is 0 Å². The number of imidazole rings is 1. The van der Waals surface area contributed by atoms with Crippen LogP contribution in [0.2, 0.25) is 0 Å². The molecule has 3 rings (SSSR count). The smallest absolute Gasteiger partial charge is 0.141 e.